The Labute approximate surface area is 177 Å². The summed E-state index contributed by atoms with van der Waals surface area (Å²) in [6.07, 6.45) is 2.20. The van der Waals surface area contributed by atoms with Gasteiger partial charge in [-0.05, 0) is 48.2 Å². The maximum absolute atomic E-state index is 12.5. The van der Waals surface area contributed by atoms with Gasteiger partial charge < -0.3 is 19.4 Å². The summed E-state index contributed by atoms with van der Waals surface area (Å²) in [4.78, 5) is 39.1. The van der Waals surface area contributed by atoms with Gasteiger partial charge in [-0.1, -0.05) is 24.3 Å². The van der Waals surface area contributed by atoms with E-state index in [1.54, 1.807) is 30.0 Å². The Hall–Kier alpha value is -3.39. The molecule has 154 valence electrons. The molecule has 1 N–H and O–H groups in total. The fourth-order valence-electron chi connectivity index (χ4n) is 3.32. The minimum absolute atomic E-state index is 0.180. The van der Waals surface area contributed by atoms with Gasteiger partial charge in [0.25, 0.3) is 11.8 Å². The van der Waals surface area contributed by atoms with Gasteiger partial charge in [0.05, 0.1) is 11.3 Å². The Bertz CT molecular complexity index is 1090. The van der Waals surface area contributed by atoms with Crippen LogP contribution in [0.5, 0.6) is 0 Å². The van der Waals surface area contributed by atoms with Crippen molar-refractivity contribution in [2.75, 3.05) is 18.5 Å². The molecule has 2 amide bonds. The van der Waals surface area contributed by atoms with Crippen molar-refractivity contribution < 1.29 is 23.5 Å². The number of carbonyl (C=O) groups is 3. The molecule has 0 aliphatic carbocycles. The van der Waals surface area contributed by atoms with Crippen molar-refractivity contribution in [3.63, 3.8) is 0 Å². The van der Waals surface area contributed by atoms with E-state index in [9.17, 15) is 14.4 Å². The number of hydrogen-bond donors (Lipinski definition) is 1. The summed E-state index contributed by atoms with van der Waals surface area (Å²) in [7, 11) is 0. The molecule has 7 nitrogen and oxygen atoms in total. The van der Waals surface area contributed by atoms with Crippen LogP contribution >= 0.6 is 11.3 Å². The van der Waals surface area contributed by atoms with E-state index in [2.05, 4.69) is 11.4 Å². The van der Waals surface area contributed by atoms with E-state index in [-0.39, 0.29) is 18.3 Å². The van der Waals surface area contributed by atoms with Crippen LogP contribution in [0, 0.1) is 6.92 Å². The number of thiophene rings is 1. The minimum Gasteiger partial charge on any atom is -0.459 e. The SMILES string of the molecule is Cc1cc(NC(=O)c2ccco2)sc1C(=O)OCC(=O)N1CCc2ccccc2C1. The van der Waals surface area contributed by atoms with E-state index in [1.807, 2.05) is 18.2 Å². The fourth-order valence-corrected chi connectivity index (χ4v) is 4.28. The molecule has 0 saturated heterocycles. The average Bonchev–Trinajstić information content (AvgIpc) is 3.41. The first-order valence-corrected chi connectivity index (χ1v) is 10.3. The molecule has 3 aromatic rings. The first kappa shape index (κ1) is 19.9. The molecule has 4 rings (SSSR count). The Morgan fingerprint density at radius 3 is 2.73 bits per heavy atom. The topological polar surface area (TPSA) is 88.9 Å². The predicted octanol–water partition coefficient (Wildman–Crippen LogP) is 3.64. The smallest absolute Gasteiger partial charge is 0.349 e. The highest BCUT2D eigenvalue weighted by Crippen LogP contribution is 2.28. The zero-order chi connectivity index (χ0) is 21.1. The molecule has 0 unspecified atom stereocenters. The van der Waals surface area contributed by atoms with Gasteiger partial charge in [-0.3, -0.25) is 9.59 Å². The monoisotopic (exact) mass is 424 g/mol. The third-order valence-electron chi connectivity index (χ3n) is 4.89. The van der Waals surface area contributed by atoms with Crippen LogP contribution in [0.2, 0.25) is 0 Å². The van der Waals surface area contributed by atoms with Crippen molar-refractivity contribution in [3.8, 4) is 0 Å². The van der Waals surface area contributed by atoms with Crippen molar-refractivity contribution in [3.05, 3.63) is 76.1 Å². The quantitative estimate of drug-likeness (QED) is 0.632. The lowest BCUT2D eigenvalue weighted by Crippen LogP contribution is -2.38. The van der Waals surface area contributed by atoms with Crippen LogP contribution in [0.25, 0.3) is 0 Å². The second-order valence-electron chi connectivity index (χ2n) is 6.96. The molecule has 0 atom stereocenters. The number of rotatable bonds is 5. The number of fused-ring (bicyclic) bond motifs is 1. The number of carbonyl (C=O) groups excluding carboxylic acids is 3. The lowest BCUT2D eigenvalue weighted by Gasteiger charge is -2.28. The lowest BCUT2D eigenvalue weighted by molar-refractivity contribution is -0.135. The first-order valence-electron chi connectivity index (χ1n) is 9.48. The summed E-state index contributed by atoms with van der Waals surface area (Å²) < 4.78 is 10.3. The van der Waals surface area contributed by atoms with Crippen LogP contribution < -0.4 is 5.32 Å². The van der Waals surface area contributed by atoms with Crippen molar-refractivity contribution >= 4 is 34.1 Å². The van der Waals surface area contributed by atoms with Crippen LogP contribution in [0.3, 0.4) is 0 Å². The maximum Gasteiger partial charge on any atom is 0.349 e. The van der Waals surface area contributed by atoms with Crippen LogP contribution in [-0.4, -0.2) is 35.8 Å². The molecule has 1 aliphatic heterocycles. The first-order chi connectivity index (χ1) is 14.5. The highest BCUT2D eigenvalue weighted by molar-refractivity contribution is 7.18. The summed E-state index contributed by atoms with van der Waals surface area (Å²) in [6, 6.07) is 12.9. The largest absolute Gasteiger partial charge is 0.459 e. The van der Waals surface area contributed by atoms with Crippen LogP contribution in [0.1, 0.15) is 36.9 Å². The summed E-state index contributed by atoms with van der Waals surface area (Å²) in [5.41, 5.74) is 3.03. The lowest BCUT2D eigenvalue weighted by atomic mass is 10.00. The summed E-state index contributed by atoms with van der Waals surface area (Å²) in [5.74, 6) is -1.03. The van der Waals surface area contributed by atoms with E-state index in [0.717, 1.165) is 23.3 Å². The standard InChI is InChI=1S/C22H20N2O5S/c1-14-11-18(23-21(26)17-7-4-10-28-17)30-20(14)22(27)29-13-19(25)24-9-8-15-5-2-3-6-16(15)12-24/h2-7,10-11H,8-9,12-13H2,1H3,(H,23,26). The van der Waals surface area contributed by atoms with Crippen molar-refractivity contribution in [1.29, 1.82) is 0 Å². The van der Waals surface area contributed by atoms with E-state index < -0.39 is 11.9 Å². The number of amides is 2. The minimum atomic E-state index is -0.582. The number of nitrogens with zero attached hydrogens (tertiary/aromatic N) is 1. The average molecular weight is 424 g/mol. The predicted molar refractivity (Wildman–Crippen MR) is 112 cm³/mol. The van der Waals surface area contributed by atoms with Gasteiger partial charge >= 0.3 is 5.97 Å². The third kappa shape index (κ3) is 4.28. The van der Waals surface area contributed by atoms with Gasteiger partial charge in [0, 0.05) is 13.1 Å². The zero-order valence-corrected chi connectivity index (χ0v) is 17.2. The summed E-state index contributed by atoms with van der Waals surface area (Å²) in [5, 5.41) is 3.19. The fraction of sp³-hybridized carbons (Fsp3) is 0.227. The highest BCUT2D eigenvalue weighted by Gasteiger charge is 2.23. The molecule has 0 saturated carbocycles. The van der Waals surface area contributed by atoms with Gasteiger partial charge in [0.2, 0.25) is 0 Å². The Morgan fingerprint density at radius 2 is 1.97 bits per heavy atom. The molecule has 0 bridgehead atoms. The van der Waals surface area contributed by atoms with E-state index >= 15 is 0 Å². The van der Waals surface area contributed by atoms with Crippen LogP contribution in [0.4, 0.5) is 5.00 Å². The number of anilines is 1. The molecular formula is C22H20N2O5S. The highest BCUT2D eigenvalue weighted by atomic mass is 32.1. The van der Waals surface area contributed by atoms with Crippen molar-refractivity contribution in [2.45, 2.75) is 19.9 Å². The number of benzene rings is 1. The van der Waals surface area contributed by atoms with Crippen molar-refractivity contribution in [1.82, 2.24) is 4.90 Å². The maximum atomic E-state index is 12.5. The zero-order valence-electron chi connectivity index (χ0n) is 16.3. The van der Waals surface area contributed by atoms with Gasteiger partial charge in [-0.15, -0.1) is 11.3 Å². The number of esters is 1. The Balaban J connectivity index is 1.33. The summed E-state index contributed by atoms with van der Waals surface area (Å²) >= 11 is 1.10. The second-order valence-corrected chi connectivity index (χ2v) is 8.02. The number of furan rings is 1. The molecule has 3 heterocycles. The molecule has 1 aromatic carbocycles. The van der Waals surface area contributed by atoms with Crippen molar-refractivity contribution in [2.24, 2.45) is 0 Å². The van der Waals surface area contributed by atoms with E-state index in [1.165, 1.54) is 11.8 Å². The Morgan fingerprint density at radius 1 is 1.17 bits per heavy atom. The second kappa shape index (κ2) is 8.54. The summed E-state index contributed by atoms with van der Waals surface area (Å²) in [6.45, 7) is 2.56. The van der Waals surface area contributed by atoms with E-state index in [4.69, 9.17) is 9.15 Å². The number of aryl methyl sites for hydroxylation is 1. The number of hydrogen-bond acceptors (Lipinski definition) is 6. The molecule has 30 heavy (non-hydrogen) atoms. The van der Waals surface area contributed by atoms with Gasteiger partial charge in [-0.2, -0.15) is 0 Å². The third-order valence-corrected chi connectivity index (χ3v) is 6.03. The van der Waals surface area contributed by atoms with Gasteiger partial charge in [0.1, 0.15) is 4.88 Å². The number of ether oxygens (including phenoxy) is 1. The molecule has 0 spiro atoms. The Kier molecular flexibility index (Phi) is 5.67. The van der Waals surface area contributed by atoms with Gasteiger partial charge in [0.15, 0.2) is 12.4 Å². The molecule has 2 aromatic heterocycles. The van der Waals surface area contributed by atoms with Gasteiger partial charge in [-0.25, -0.2) is 4.79 Å². The van der Waals surface area contributed by atoms with E-state index in [0.29, 0.717) is 28.5 Å². The molecule has 8 heteroatoms. The number of nitrogens with one attached hydrogen (secondary N) is 1. The molecular weight excluding hydrogens is 404 g/mol. The normalized spacial score (nSPS) is 12.9. The molecule has 0 radical (unpaired) electrons. The van der Waals surface area contributed by atoms with Crippen LogP contribution in [0.15, 0.2) is 53.1 Å². The van der Waals surface area contributed by atoms with Crippen LogP contribution in [-0.2, 0) is 22.5 Å². The molecule has 0 fully saturated rings. The molecule has 1 aliphatic rings.